The molecule has 0 aromatic heterocycles. The lowest BCUT2D eigenvalue weighted by Crippen LogP contribution is -2.37. The number of hydrogen-bond acceptors (Lipinski definition) is 4. The highest BCUT2D eigenvalue weighted by molar-refractivity contribution is 6.10. The molecule has 126 valence electrons. The number of carbonyl (C=O) groups excluding carboxylic acids is 2. The summed E-state index contributed by atoms with van der Waals surface area (Å²) < 4.78 is 10.3. The summed E-state index contributed by atoms with van der Waals surface area (Å²) in [5.74, 6) is 0.462. The quantitative estimate of drug-likeness (QED) is 0.763. The van der Waals surface area contributed by atoms with Gasteiger partial charge in [-0.15, -0.1) is 0 Å². The molecule has 2 amide bonds. The highest BCUT2D eigenvalue weighted by Gasteiger charge is 2.24. The average molecular weight is 327 g/mol. The summed E-state index contributed by atoms with van der Waals surface area (Å²) in [5, 5.41) is 0. The fraction of sp³-hybridized carbons (Fsp3) is 0.263. The van der Waals surface area contributed by atoms with Gasteiger partial charge in [-0.3, -0.25) is 14.5 Å². The van der Waals surface area contributed by atoms with Crippen molar-refractivity contribution in [2.24, 2.45) is 0 Å². The van der Waals surface area contributed by atoms with Crippen molar-refractivity contribution in [2.75, 3.05) is 20.8 Å². The molecule has 0 fully saturated rings. The van der Waals surface area contributed by atoms with Gasteiger partial charge < -0.3 is 9.47 Å². The van der Waals surface area contributed by atoms with Gasteiger partial charge in [0.05, 0.1) is 14.2 Å². The maximum atomic E-state index is 12.8. The summed E-state index contributed by atoms with van der Waals surface area (Å²) in [5.41, 5.74) is 0.832. The lowest BCUT2D eigenvalue weighted by atomic mass is 10.1. The van der Waals surface area contributed by atoms with Crippen molar-refractivity contribution in [1.29, 1.82) is 0 Å². The number of benzene rings is 2. The second kappa shape index (κ2) is 8.15. The Morgan fingerprint density at radius 1 is 0.875 bits per heavy atom. The Hall–Kier alpha value is -2.82. The van der Waals surface area contributed by atoms with E-state index in [0.29, 0.717) is 35.6 Å². The highest BCUT2D eigenvalue weighted by Crippen LogP contribution is 2.18. The highest BCUT2D eigenvalue weighted by atomic mass is 16.5. The zero-order valence-corrected chi connectivity index (χ0v) is 14.1. The van der Waals surface area contributed by atoms with Crippen LogP contribution in [0.15, 0.2) is 48.5 Å². The molecule has 2 rings (SSSR count). The molecule has 0 aliphatic heterocycles. The number of rotatable bonds is 6. The first-order valence-corrected chi connectivity index (χ1v) is 7.75. The van der Waals surface area contributed by atoms with E-state index >= 15 is 0 Å². The van der Waals surface area contributed by atoms with E-state index in [0.717, 1.165) is 0 Å². The van der Waals surface area contributed by atoms with E-state index in [-0.39, 0.29) is 11.8 Å². The van der Waals surface area contributed by atoms with Crippen LogP contribution < -0.4 is 9.47 Å². The first-order valence-electron chi connectivity index (χ1n) is 7.75. The van der Waals surface area contributed by atoms with E-state index in [9.17, 15) is 9.59 Å². The summed E-state index contributed by atoms with van der Waals surface area (Å²) in [6, 6.07) is 13.6. The van der Waals surface area contributed by atoms with Gasteiger partial charge in [0.25, 0.3) is 11.8 Å². The van der Waals surface area contributed by atoms with Crippen molar-refractivity contribution < 1.29 is 19.1 Å². The van der Waals surface area contributed by atoms with E-state index in [1.165, 1.54) is 19.1 Å². The summed E-state index contributed by atoms with van der Waals surface area (Å²) in [6.45, 7) is 2.26. The Bertz CT molecular complexity index is 667. The summed E-state index contributed by atoms with van der Waals surface area (Å²) in [7, 11) is 3.07. The second-order valence-electron chi connectivity index (χ2n) is 5.23. The molecule has 0 bridgehead atoms. The van der Waals surface area contributed by atoms with Gasteiger partial charge in [0, 0.05) is 17.7 Å². The topological polar surface area (TPSA) is 55.8 Å². The zero-order chi connectivity index (χ0) is 17.5. The molecule has 0 saturated carbocycles. The fourth-order valence-corrected chi connectivity index (χ4v) is 2.34. The summed E-state index contributed by atoms with van der Waals surface area (Å²) in [4.78, 5) is 26.8. The van der Waals surface area contributed by atoms with Gasteiger partial charge in [-0.25, -0.2) is 0 Å². The molecule has 0 spiro atoms. The number of imide groups is 1. The normalized spacial score (nSPS) is 10.1. The Labute approximate surface area is 141 Å². The molecule has 0 aliphatic carbocycles. The SMILES string of the molecule is CCCN(C(=O)c1cccc(OC)c1)C(=O)c1cccc(OC)c1. The molecule has 2 aromatic rings. The summed E-state index contributed by atoms with van der Waals surface area (Å²) in [6.07, 6.45) is 0.672. The lowest BCUT2D eigenvalue weighted by molar-refractivity contribution is 0.0615. The van der Waals surface area contributed by atoms with Gasteiger partial charge in [-0.05, 0) is 42.8 Å². The maximum Gasteiger partial charge on any atom is 0.260 e. The van der Waals surface area contributed by atoms with Crippen molar-refractivity contribution in [1.82, 2.24) is 4.90 Å². The van der Waals surface area contributed by atoms with Gasteiger partial charge in [-0.2, -0.15) is 0 Å². The van der Waals surface area contributed by atoms with Gasteiger partial charge in [0.1, 0.15) is 11.5 Å². The van der Waals surface area contributed by atoms with Crippen LogP contribution in [0.2, 0.25) is 0 Å². The number of ether oxygens (including phenoxy) is 2. The first kappa shape index (κ1) is 17.5. The molecule has 0 N–H and O–H groups in total. The molecule has 24 heavy (non-hydrogen) atoms. The first-order chi connectivity index (χ1) is 11.6. The molecule has 0 atom stereocenters. The molecule has 0 unspecified atom stereocenters. The van der Waals surface area contributed by atoms with Crippen LogP contribution in [0.3, 0.4) is 0 Å². The molecule has 2 aromatic carbocycles. The minimum atomic E-state index is -0.344. The van der Waals surface area contributed by atoms with E-state index in [1.807, 2.05) is 6.92 Å². The molecule has 0 aliphatic rings. The van der Waals surface area contributed by atoms with Crippen molar-refractivity contribution in [3.8, 4) is 11.5 Å². The number of hydrogen-bond donors (Lipinski definition) is 0. The standard InChI is InChI=1S/C19H21NO4/c1-4-11-20(18(21)14-7-5-9-16(12-14)23-2)19(22)15-8-6-10-17(13-15)24-3/h5-10,12-13H,4,11H2,1-3H3. The van der Waals surface area contributed by atoms with E-state index in [4.69, 9.17) is 9.47 Å². The van der Waals surface area contributed by atoms with Crippen molar-refractivity contribution in [3.63, 3.8) is 0 Å². The third-order valence-corrected chi connectivity index (χ3v) is 3.57. The van der Waals surface area contributed by atoms with Crippen molar-refractivity contribution in [2.45, 2.75) is 13.3 Å². The Kier molecular flexibility index (Phi) is 5.95. The largest absolute Gasteiger partial charge is 0.497 e. The van der Waals surface area contributed by atoms with E-state index < -0.39 is 0 Å². The number of amides is 2. The average Bonchev–Trinajstić information content (AvgIpc) is 2.65. The molecule has 0 heterocycles. The number of methoxy groups -OCH3 is 2. The summed E-state index contributed by atoms with van der Waals surface area (Å²) >= 11 is 0. The molecule has 0 saturated heterocycles. The fourth-order valence-electron chi connectivity index (χ4n) is 2.34. The van der Waals surface area contributed by atoms with Crippen LogP contribution in [-0.2, 0) is 0 Å². The third kappa shape index (κ3) is 3.93. The predicted molar refractivity (Wildman–Crippen MR) is 91.6 cm³/mol. The van der Waals surface area contributed by atoms with Gasteiger partial charge in [0.15, 0.2) is 0 Å². The van der Waals surface area contributed by atoms with Crippen LogP contribution >= 0.6 is 0 Å². The molecule has 5 nitrogen and oxygen atoms in total. The number of nitrogens with zero attached hydrogens (tertiary/aromatic N) is 1. The molecule has 0 radical (unpaired) electrons. The lowest BCUT2D eigenvalue weighted by Gasteiger charge is -2.21. The predicted octanol–water partition coefficient (Wildman–Crippen LogP) is 3.40. The van der Waals surface area contributed by atoms with Crippen LogP contribution in [0.5, 0.6) is 11.5 Å². The smallest absolute Gasteiger partial charge is 0.260 e. The van der Waals surface area contributed by atoms with Crippen molar-refractivity contribution in [3.05, 3.63) is 59.7 Å². The van der Waals surface area contributed by atoms with E-state index in [1.54, 1.807) is 48.5 Å². The maximum absolute atomic E-state index is 12.8. The molecule has 5 heteroatoms. The van der Waals surface area contributed by atoms with Gasteiger partial charge in [0.2, 0.25) is 0 Å². The second-order valence-corrected chi connectivity index (χ2v) is 5.23. The van der Waals surface area contributed by atoms with Gasteiger partial charge >= 0.3 is 0 Å². The minimum Gasteiger partial charge on any atom is -0.497 e. The molecular weight excluding hydrogens is 306 g/mol. The Morgan fingerprint density at radius 3 is 1.71 bits per heavy atom. The van der Waals surface area contributed by atoms with Crippen LogP contribution in [0, 0.1) is 0 Å². The van der Waals surface area contributed by atoms with Crippen molar-refractivity contribution >= 4 is 11.8 Å². The Balaban J connectivity index is 2.33. The van der Waals surface area contributed by atoms with Crippen LogP contribution in [-0.4, -0.2) is 37.5 Å². The monoisotopic (exact) mass is 327 g/mol. The van der Waals surface area contributed by atoms with Crippen LogP contribution in [0.25, 0.3) is 0 Å². The van der Waals surface area contributed by atoms with Crippen LogP contribution in [0.1, 0.15) is 34.1 Å². The number of carbonyl (C=O) groups is 2. The minimum absolute atomic E-state index is 0.339. The third-order valence-electron chi connectivity index (χ3n) is 3.57. The van der Waals surface area contributed by atoms with Gasteiger partial charge in [-0.1, -0.05) is 19.1 Å². The Morgan fingerprint density at radius 2 is 1.33 bits per heavy atom. The van der Waals surface area contributed by atoms with Crippen LogP contribution in [0.4, 0.5) is 0 Å². The van der Waals surface area contributed by atoms with E-state index in [2.05, 4.69) is 0 Å². The molecular formula is C19H21NO4. The zero-order valence-electron chi connectivity index (χ0n) is 14.1.